The Morgan fingerprint density at radius 1 is 0.727 bits per heavy atom. The molecular formula is C6H18N4Zn. The number of hydrogen-bond acceptors (Lipinski definition) is 4. The third kappa shape index (κ3) is 8.37. The Hall–Kier alpha value is 0.463. The maximum Gasteiger partial charge on any atom is 0.0106 e. The molecule has 0 aliphatic carbocycles. The van der Waals surface area contributed by atoms with Gasteiger partial charge in [0.15, 0.2) is 0 Å². The Labute approximate surface area is 81.2 Å². The summed E-state index contributed by atoms with van der Waals surface area (Å²) < 4.78 is 0. The summed E-state index contributed by atoms with van der Waals surface area (Å²) in [7, 11) is 0. The first-order valence-electron chi connectivity index (χ1n) is 3.67. The molecule has 11 heavy (non-hydrogen) atoms. The topological polar surface area (TPSA) is 81.3 Å². The molecular weight excluding hydrogens is 193 g/mol. The molecule has 0 aromatic rings. The van der Waals surface area contributed by atoms with Crippen LogP contribution in [0.5, 0.6) is 0 Å². The SMILES string of the molecule is NCCN(CCN)CCN.[Zn]. The van der Waals surface area contributed by atoms with E-state index in [1.165, 1.54) is 0 Å². The fourth-order valence-corrected chi connectivity index (χ4v) is 0.883. The van der Waals surface area contributed by atoms with E-state index in [0.717, 1.165) is 19.6 Å². The van der Waals surface area contributed by atoms with Crippen molar-refractivity contribution in [2.24, 2.45) is 17.2 Å². The quantitative estimate of drug-likeness (QED) is 0.451. The maximum atomic E-state index is 5.37. The van der Waals surface area contributed by atoms with Crippen molar-refractivity contribution in [1.29, 1.82) is 0 Å². The van der Waals surface area contributed by atoms with Gasteiger partial charge in [-0.1, -0.05) is 0 Å². The van der Waals surface area contributed by atoms with Crippen LogP contribution in [-0.4, -0.2) is 44.2 Å². The summed E-state index contributed by atoms with van der Waals surface area (Å²) in [6.07, 6.45) is 0. The monoisotopic (exact) mass is 210 g/mol. The number of nitrogens with zero attached hydrogens (tertiary/aromatic N) is 1. The molecule has 64 valence electrons. The number of hydrogen-bond donors (Lipinski definition) is 3. The van der Waals surface area contributed by atoms with Gasteiger partial charge >= 0.3 is 0 Å². The van der Waals surface area contributed by atoms with Crippen molar-refractivity contribution in [1.82, 2.24) is 4.90 Å². The van der Waals surface area contributed by atoms with Crippen molar-refractivity contribution in [2.75, 3.05) is 39.3 Å². The van der Waals surface area contributed by atoms with Crippen LogP contribution in [0.25, 0.3) is 0 Å². The second-order valence-electron chi connectivity index (χ2n) is 2.21. The Bertz CT molecular complexity index is 57.3. The summed E-state index contributed by atoms with van der Waals surface area (Å²) in [6, 6.07) is 0. The molecule has 4 nitrogen and oxygen atoms in total. The molecule has 0 rings (SSSR count). The fraction of sp³-hybridized carbons (Fsp3) is 1.00. The van der Waals surface area contributed by atoms with Crippen LogP contribution in [0.3, 0.4) is 0 Å². The van der Waals surface area contributed by atoms with Gasteiger partial charge in [-0.3, -0.25) is 4.90 Å². The predicted molar refractivity (Wildman–Crippen MR) is 43.6 cm³/mol. The third-order valence-electron chi connectivity index (χ3n) is 1.34. The molecule has 0 saturated heterocycles. The van der Waals surface area contributed by atoms with Gasteiger partial charge in [-0.25, -0.2) is 0 Å². The van der Waals surface area contributed by atoms with Crippen LogP contribution in [0.15, 0.2) is 0 Å². The van der Waals surface area contributed by atoms with E-state index in [1.54, 1.807) is 0 Å². The van der Waals surface area contributed by atoms with Gasteiger partial charge in [0.05, 0.1) is 0 Å². The zero-order chi connectivity index (χ0) is 7.82. The van der Waals surface area contributed by atoms with Crippen LogP contribution >= 0.6 is 0 Å². The van der Waals surface area contributed by atoms with Crippen LogP contribution in [0.1, 0.15) is 0 Å². The molecule has 0 fully saturated rings. The molecule has 0 amide bonds. The van der Waals surface area contributed by atoms with Gasteiger partial charge in [-0.15, -0.1) is 0 Å². The summed E-state index contributed by atoms with van der Waals surface area (Å²) in [4.78, 5) is 2.17. The van der Waals surface area contributed by atoms with E-state index >= 15 is 0 Å². The molecule has 0 heterocycles. The number of nitrogens with two attached hydrogens (primary N) is 3. The van der Waals surface area contributed by atoms with E-state index in [9.17, 15) is 0 Å². The molecule has 0 aromatic heterocycles. The Kier molecular flexibility index (Phi) is 13.3. The molecule has 0 aromatic carbocycles. The predicted octanol–water partition coefficient (Wildman–Crippen LogP) is -1.84. The van der Waals surface area contributed by atoms with Crippen LogP contribution in [0, 0.1) is 0 Å². The van der Waals surface area contributed by atoms with Crippen molar-refractivity contribution in [3.05, 3.63) is 0 Å². The van der Waals surface area contributed by atoms with Gasteiger partial charge in [0, 0.05) is 58.7 Å². The van der Waals surface area contributed by atoms with Gasteiger partial charge in [-0.05, 0) is 0 Å². The van der Waals surface area contributed by atoms with E-state index in [0.29, 0.717) is 19.6 Å². The summed E-state index contributed by atoms with van der Waals surface area (Å²) >= 11 is 0. The van der Waals surface area contributed by atoms with E-state index < -0.39 is 0 Å². The van der Waals surface area contributed by atoms with Crippen molar-refractivity contribution in [2.45, 2.75) is 0 Å². The molecule has 5 heteroatoms. The van der Waals surface area contributed by atoms with Crippen molar-refractivity contribution < 1.29 is 19.5 Å². The first-order chi connectivity index (χ1) is 4.85. The van der Waals surface area contributed by atoms with Gasteiger partial charge < -0.3 is 17.2 Å². The normalized spacial score (nSPS) is 9.82. The summed E-state index contributed by atoms with van der Waals surface area (Å²) in [6.45, 7) is 4.73. The van der Waals surface area contributed by atoms with E-state index in [1.807, 2.05) is 0 Å². The number of rotatable bonds is 6. The molecule has 6 N–H and O–H groups in total. The molecule has 0 saturated carbocycles. The Balaban J connectivity index is 0. The second-order valence-corrected chi connectivity index (χ2v) is 2.21. The zero-order valence-electron chi connectivity index (χ0n) is 7.13. The first-order valence-corrected chi connectivity index (χ1v) is 3.67. The maximum absolute atomic E-state index is 5.37. The standard InChI is InChI=1S/C6H18N4.Zn/c7-1-4-10(5-2-8)6-3-9;/h1-9H2;. The average Bonchev–Trinajstić information content (AvgIpc) is 1.90. The first kappa shape index (κ1) is 14.0. The Morgan fingerprint density at radius 3 is 1.18 bits per heavy atom. The molecule has 0 aliphatic rings. The largest absolute Gasteiger partial charge is 0.329 e. The fourth-order valence-electron chi connectivity index (χ4n) is 0.883. The van der Waals surface area contributed by atoms with Gasteiger partial charge in [-0.2, -0.15) is 0 Å². The van der Waals surface area contributed by atoms with E-state index in [-0.39, 0.29) is 19.5 Å². The Morgan fingerprint density at radius 2 is 1.00 bits per heavy atom. The molecule has 0 atom stereocenters. The third-order valence-corrected chi connectivity index (χ3v) is 1.34. The minimum atomic E-state index is 0. The van der Waals surface area contributed by atoms with Crippen molar-refractivity contribution in [3.8, 4) is 0 Å². The zero-order valence-corrected chi connectivity index (χ0v) is 10.1. The summed E-state index contributed by atoms with van der Waals surface area (Å²) in [5.41, 5.74) is 16.1. The molecule has 0 aliphatic heterocycles. The molecule has 0 bridgehead atoms. The average molecular weight is 212 g/mol. The van der Waals surface area contributed by atoms with Gasteiger partial charge in [0.2, 0.25) is 0 Å². The second kappa shape index (κ2) is 10.5. The van der Waals surface area contributed by atoms with E-state index in [2.05, 4.69) is 4.90 Å². The van der Waals surface area contributed by atoms with Crippen LogP contribution in [0.4, 0.5) is 0 Å². The summed E-state index contributed by atoms with van der Waals surface area (Å²) in [5.74, 6) is 0. The molecule has 0 unspecified atom stereocenters. The van der Waals surface area contributed by atoms with Crippen molar-refractivity contribution in [3.63, 3.8) is 0 Å². The van der Waals surface area contributed by atoms with Gasteiger partial charge in [0.1, 0.15) is 0 Å². The van der Waals surface area contributed by atoms with Crippen LogP contribution < -0.4 is 17.2 Å². The van der Waals surface area contributed by atoms with Crippen molar-refractivity contribution >= 4 is 0 Å². The van der Waals surface area contributed by atoms with Crippen LogP contribution in [-0.2, 0) is 19.5 Å². The minimum Gasteiger partial charge on any atom is -0.329 e. The smallest absolute Gasteiger partial charge is 0.0106 e. The van der Waals surface area contributed by atoms with Crippen LogP contribution in [0.2, 0.25) is 0 Å². The molecule has 0 spiro atoms. The van der Waals surface area contributed by atoms with E-state index in [4.69, 9.17) is 17.2 Å². The molecule has 0 radical (unpaired) electrons. The minimum absolute atomic E-state index is 0. The summed E-state index contributed by atoms with van der Waals surface area (Å²) in [5, 5.41) is 0. The van der Waals surface area contributed by atoms with Gasteiger partial charge in [0.25, 0.3) is 0 Å².